The molecule has 5 aromatic rings. The van der Waals surface area contributed by atoms with Crippen molar-refractivity contribution in [2.45, 2.75) is 46.7 Å². The molecular formula is C37H36IrN. The van der Waals surface area contributed by atoms with Crippen LogP contribution in [0.25, 0.3) is 22.4 Å². The van der Waals surface area contributed by atoms with Crippen LogP contribution < -0.4 is 0 Å². The Morgan fingerprint density at radius 2 is 1.59 bits per heavy atom. The minimum absolute atomic E-state index is 0. The first kappa shape index (κ1) is 19.7. The first-order valence-corrected chi connectivity index (χ1v) is 12.5. The van der Waals surface area contributed by atoms with Gasteiger partial charge in [0, 0.05) is 18.5 Å². The zero-order valence-electron chi connectivity index (χ0n) is 31.2. The number of pyridine rings is 1. The minimum Gasteiger partial charge on any atom is -0.304 e. The number of benzene rings is 4. The fourth-order valence-corrected chi connectivity index (χ4v) is 3.89. The van der Waals surface area contributed by atoms with E-state index < -0.39 is 31.9 Å². The predicted molar refractivity (Wildman–Crippen MR) is 160 cm³/mol. The van der Waals surface area contributed by atoms with E-state index in [1.807, 2.05) is 79.7 Å². The van der Waals surface area contributed by atoms with Gasteiger partial charge in [-0.3, -0.25) is 0 Å². The van der Waals surface area contributed by atoms with E-state index in [0.717, 1.165) is 22.3 Å². The van der Waals surface area contributed by atoms with Crippen LogP contribution in [0.4, 0.5) is 0 Å². The van der Waals surface area contributed by atoms with Gasteiger partial charge in [0.05, 0.1) is 0 Å². The number of nitrogens with zero attached hydrogens (tertiary/aromatic N) is 1. The molecule has 1 nitrogen and oxygen atoms in total. The molecule has 0 bridgehead atoms. The molecule has 2 heteroatoms. The van der Waals surface area contributed by atoms with E-state index in [0.29, 0.717) is 11.3 Å². The van der Waals surface area contributed by atoms with Crippen molar-refractivity contribution in [2.75, 3.05) is 0 Å². The molecule has 0 saturated carbocycles. The molecule has 5 rings (SSSR count). The SMILES string of the molecule is [2H]C(C)(c1ccccc1)c1cc[c-]c(-c2[c-]cccc2)c1.[2H]C([2H])([2H])c1c[c-]c(-c2cc(C([2H])([2H])C(C)C)c(C([2H])([2H])[2H])cn2)cc1.[Ir+3]. The van der Waals surface area contributed by atoms with Gasteiger partial charge in [0.15, 0.2) is 0 Å². The molecule has 198 valence electrons. The molecule has 0 saturated heterocycles. The summed E-state index contributed by atoms with van der Waals surface area (Å²) in [4.78, 5) is 4.14. The Labute approximate surface area is 261 Å². The van der Waals surface area contributed by atoms with Gasteiger partial charge in [-0.2, -0.15) is 42.5 Å². The molecule has 0 aliphatic heterocycles. The van der Waals surface area contributed by atoms with Crippen LogP contribution >= 0.6 is 0 Å². The number of aryl methyl sites for hydroxylation is 2. The molecule has 0 N–H and O–H groups in total. The average molecular weight is 696 g/mol. The number of hydrogen-bond donors (Lipinski definition) is 0. The monoisotopic (exact) mass is 696 g/mol. The standard InChI is InChI=1S/C20H16.C17H20N.Ir/c1-16(17-9-4-2-5-10-17)19-13-8-14-20(15-19)18-11-6-3-7-12-18;1-12(2)9-16-10-17(18-11-14(16)4)15-7-5-13(3)6-8-15;/h2-11,13,15-16H,1H3;5-7,10-12H,9H2,1-4H3;/q-2;-1;+3/i16D;3D3,4D3,9D2;. The van der Waals surface area contributed by atoms with Gasteiger partial charge in [-0.25, -0.2) is 11.1 Å². The summed E-state index contributed by atoms with van der Waals surface area (Å²) in [5.74, 6) is -1.22. The van der Waals surface area contributed by atoms with E-state index in [1.54, 1.807) is 13.8 Å². The average Bonchev–Trinajstić information content (AvgIpc) is 3.05. The number of hydrogen-bond acceptors (Lipinski definition) is 1. The number of aromatic nitrogens is 1. The summed E-state index contributed by atoms with van der Waals surface area (Å²) in [7, 11) is 0. The molecular weight excluding hydrogens is 651 g/mol. The summed E-state index contributed by atoms with van der Waals surface area (Å²) in [5.41, 5.74) is 4.80. The maximum Gasteiger partial charge on any atom is 3.00 e. The minimum atomic E-state index is -2.49. The molecule has 39 heavy (non-hydrogen) atoms. The van der Waals surface area contributed by atoms with Crippen LogP contribution in [0.3, 0.4) is 0 Å². The van der Waals surface area contributed by atoms with Crippen LogP contribution in [0.15, 0.2) is 103 Å². The van der Waals surface area contributed by atoms with Crippen molar-refractivity contribution in [1.29, 1.82) is 0 Å². The zero-order chi connectivity index (χ0) is 34.6. The summed E-state index contributed by atoms with van der Waals surface area (Å²) in [6.07, 6.45) is -0.691. The predicted octanol–water partition coefficient (Wildman–Crippen LogP) is 9.47. The van der Waals surface area contributed by atoms with Crippen molar-refractivity contribution in [1.82, 2.24) is 4.98 Å². The summed E-state index contributed by atoms with van der Waals surface area (Å²) < 4.78 is 70.6. The van der Waals surface area contributed by atoms with Crippen LogP contribution in [-0.4, -0.2) is 4.98 Å². The maximum absolute atomic E-state index is 8.74. The fraction of sp³-hybridized carbons (Fsp3) is 0.216. The van der Waals surface area contributed by atoms with Crippen LogP contribution in [0.2, 0.25) is 0 Å². The molecule has 1 atom stereocenters. The molecule has 0 aliphatic carbocycles. The van der Waals surface area contributed by atoms with Crippen molar-refractivity contribution < 1.29 is 32.4 Å². The Kier molecular flexibility index (Phi) is 7.44. The van der Waals surface area contributed by atoms with E-state index in [1.165, 1.54) is 30.5 Å². The van der Waals surface area contributed by atoms with Gasteiger partial charge in [-0.15, -0.1) is 53.1 Å². The summed E-state index contributed by atoms with van der Waals surface area (Å²) in [6, 6.07) is 38.7. The molecule has 1 unspecified atom stereocenters. The van der Waals surface area contributed by atoms with Crippen LogP contribution in [0, 0.1) is 37.8 Å². The Bertz CT molecular complexity index is 1770. The molecule has 0 aliphatic rings. The van der Waals surface area contributed by atoms with E-state index in [-0.39, 0.29) is 36.8 Å². The molecule has 1 heterocycles. The molecule has 0 amide bonds. The Morgan fingerprint density at radius 1 is 0.795 bits per heavy atom. The van der Waals surface area contributed by atoms with Gasteiger partial charge in [-0.1, -0.05) is 69.6 Å². The van der Waals surface area contributed by atoms with E-state index in [9.17, 15) is 0 Å². The molecule has 4 aromatic carbocycles. The van der Waals surface area contributed by atoms with E-state index >= 15 is 0 Å². The zero-order valence-corrected chi connectivity index (χ0v) is 24.6. The second-order valence-corrected chi connectivity index (χ2v) is 9.16. The van der Waals surface area contributed by atoms with Gasteiger partial charge >= 0.3 is 20.1 Å². The van der Waals surface area contributed by atoms with Crippen LogP contribution in [0.1, 0.15) is 66.8 Å². The third-order valence-electron chi connectivity index (χ3n) is 5.88. The van der Waals surface area contributed by atoms with Crippen molar-refractivity contribution in [3.8, 4) is 22.4 Å². The topological polar surface area (TPSA) is 12.9 Å². The normalized spacial score (nSPS) is 16.5. The largest absolute Gasteiger partial charge is 3.00 e. The smallest absolute Gasteiger partial charge is 0.304 e. The summed E-state index contributed by atoms with van der Waals surface area (Å²) in [6.45, 7) is 0.559. The van der Waals surface area contributed by atoms with E-state index in [4.69, 9.17) is 12.3 Å². The second kappa shape index (κ2) is 14.7. The van der Waals surface area contributed by atoms with Crippen molar-refractivity contribution in [3.05, 3.63) is 149 Å². The van der Waals surface area contributed by atoms with Gasteiger partial charge in [0.25, 0.3) is 0 Å². The third kappa shape index (κ3) is 8.59. The molecule has 0 fully saturated rings. The first-order chi connectivity index (χ1) is 21.9. The van der Waals surface area contributed by atoms with Crippen molar-refractivity contribution in [2.24, 2.45) is 5.92 Å². The van der Waals surface area contributed by atoms with Gasteiger partial charge in [-0.05, 0) is 41.9 Å². The Hall–Kier alpha value is -3.32. The van der Waals surface area contributed by atoms with Crippen molar-refractivity contribution in [3.63, 3.8) is 0 Å². The summed E-state index contributed by atoms with van der Waals surface area (Å²) in [5, 5.41) is 0. The quantitative estimate of drug-likeness (QED) is 0.161. The summed E-state index contributed by atoms with van der Waals surface area (Å²) >= 11 is 0. The van der Waals surface area contributed by atoms with Crippen LogP contribution in [-0.2, 0) is 26.5 Å². The third-order valence-corrected chi connectivity index (χ3v) is 5.88. The van der Waals surface area contributed by atoms with Gasteiger partial charge in [0.1, 0.15) is 0 Å². The maximum atomic E-state index is 8.74. The fourth-order valence-electron chi connectivity index (χ4n) is 3.89. The first-order valence-electron chi connectivity index (χ1n) is 17.0. The van der Waals surface area contributed by atoms with E-state index in [2.05, 4.69) is 23.2 Å². The number of rotatable bonds is 6. The van der Waals surface area contributed by atoms with Crippen molar-refractivity contribution >= 4 is 0 Å². The molecule has 0 radical (unpaired) electrons. The Morgan fingerprint density at radius 3 is 2.26 bits per heavy atom. The Balaban J connectivity index is 0.000000260. The van der Waals surface area contributed by atoms with Gasteiger partial charge < -0.3 is 4.98 Å². The molecule has 0 spiro atoms. The van der Waals surface area contributed by atoms with Gasteiger partial charge in [0.2, 0.25) is 0 Å². The molecule has 1 aromatic heterocycles. The second-order valence-electron chi connectivity index (χ2n) is 9.16. The van der Waals surface area contributed by atoms with Crippen LogP contribution in [0.5, 0.6) is 0 Å².